The van der Waals surface area contributed by atoms with E-state index in [1.807, 2.05) is 0 Å². The van der Waals surface area contributed by atoms with Crippen LogP contribution >= 0.6 is 0 Å². The molecule has 3 rings (SSSR count). The third-order valence-corrected chi connectivity index (χ3v) is 7.24. The van der Waals surface area contributed by atoms with Crippen LogP contribution in [0.25, 0.3) is 11.0 Å². The first-order chi connectivity index (χ1) is 21.2. The summed E-state index contributed by atoms with van der Waals surface area (Å²) in [5.41, 5.74) is -1.84. The highest BCUT2D eigenvalue weighted by Crippen LogP contribution is 2.38. The number of fused-ring (bicyclic) bond motifs is 1. The van der Waals surface area contributed by atoms with E-state index in [0.29, 0.717) is 5.56 Å². The number of alkyl halides is 8. The second kappa shape index (κ2) is 14.2. The SMILES string of the molecule is CCCC(CCC(=O)c1cc2nc(Nc3cc(CNC(=O)C(C)(C)C)ccc3C(F)(F)F)n(C)c2cc1OCC(F)F)C(F)(F)F. The van der Waals surface area contributed by atoms with Crippen molar-refractivity contribution in [2.75, 3.05) is 11.9 Å². The summed E-state index contributed by atoms with van der Waals surface area (Å²) in [7, 11) is 1.43. The van der Waals surface area contributed by atoms with Crippen LogP contribution in [-0.4, -0.2) is 40.5 Å². The molecule has 0 fully saturated rings. The maximum Gasteiger partial charge on any atom is 0.418 e. The molecule has 3 aromatic rings. The highest BCUT2D eigenvalue weighted by atomic mass is 19.4. The second-order valence-corrected chi connectivity index (χ2v) is 12.0. The summed E-state index contributed by atoms with van der Waals surface area (Å²) >= 11 is 0. The van der Waals surface area contributed by atoms with Gasteiger partial charge in [-0.05, 0) is 36.6 Å². The number of carbonyl (C=O) groups excluding carboxylic acids is 2. The predicted octanol–water partition coefficient (Wildman–Crippen LogP) is 8.58. The standard InChI is InChI=1S/C31H36F8N4O3/c1-6-7-18(30(34,35)36)9-11-24(44)19-13-22-23(14-25(19)46-16-26(32)33)43(5)28(42-22)41-21-12-17(8-10-20(21)31(37,38)39)15-40-27(45)29(2,3)4/h8,10,12-14,18,26H,6-7,9,11,15-16H2,1-5H3,(H,40,45)(H,41,42). The van der Waals surface area contributed by atoms with Crippen LogP contribution < -0.4 is 15.4 Å². The molecule has 2 N–H and O–H groups in total. The number of imidazole rings is 1. The van der Waals surface area contributed by atoms with Crippen LogP contribution in [0.15, 0.2) is 30.3 Å². The molecule has 0 aliphatic heterocycles. The fourth-order valence-corrected chi connectivity index (χ4v) is 4.70. The van der Waals surface area contributed by atoms with Crippen molar-refractivity contribution < 1.29 is 49.4 Å². The van der Waals surface area contributed by atoms with Crippen LogP contribution in [0.4, 0.5) is 46.8 Å². The minimum absolute atomic E-state index is 0.0563. The second-order valence-electron chi connectivity index (χ2n) is 12.0. The lowest BCUT2D eigenvalue weighted by Crippen LogP contribution is -2.34. The van der Waals surface area contributed by atoms with Gasteiger partial charge in [0.25, 0.3) is 6.43 Å². The Labute approximate surface area is 260 Å². The van der Waals surface area contributed by atoms with Crippen LogP contribution in [0.1, 0.15) is 74.9 Å². The summed E-state index contributed by atoms with van der Waals surface area (Å²) in [5, 5.41) is 5.30. The molecule has 1 amide bonds. The summed E-state index contributed by atoms with van der Waals surface area (Å²) in [6.07, 6.45) is -13.3. The van der Waals surface area contributed by atoms with Crippen molar-refractivity contribution in [3.8, 4) is 5.75 Å². The van der Waals surface area contributed by atoms with E-state index >= 15 is 0 Å². The molecule has 0 spiro atoms. The molecular weight excluding hydrogens is 628 g/mol. The topological polar surface area (TPSA) is 85.3 Å². The van der Waals surface area contributed by atoms with Crippen molar-refractivity contribution in [1.82, 2.24) is 14.9 Å². The number of anilines is 2. The first-order valence-electron chi connectivity index (χ1n) is 14.5. The maximum atomic E-state index is 13.9. The number of ketones is 1. The van der Waals surface area contributed by atoms with Gasteiger partial charge in [0.15, 0.2) is 5.78 Å². The Hall–Kier alpha value is -3.91. The van der Waals surface area contributed by atoms with Gasteiger partial charge in [-0.2, -0.15) is 26.3 Å². The normalized spacial score (nSPS) is 13.3. The molecule has 1 atom stereocenters. The lowest BCUT2D eigenvalue weighted by atomic mass is 9.94. The van der Waals surface area contributed by atoms with Crippen molar-refractivity contribution in [2.45, 2.75) is 78.7 Å². The van der Waals surface area contributed by atoms with E-state index in [0.717, 1.165) is 12.1 Å². The molecule has 46 heavy (non-hydrogen) atoms. The van der Waals surface area contributed by atoms with Crippen LogP contribution in [-0.2, 0) is 24.6 Å². The lowest BCUT2D eigenvalue weighted by molar-refractivity contribution is -0.177. The highest BCUT2D eigenvalue weighted by Gasteiger charge is 2.39. The van der Waals surface area contributed by atoms with Gasteiger partial charge in [0.05, 0.1) is 33.8 Å². The van der Waals surface area contributed by atoms with Gasteiger partial charge in [0.1, 0.15) is 12.4 Å². The number of benzene rings is 2. The van der Waals surface area contributed by atoms with Gasteiger partial charge in [-0.25, -0.2) is 13.8 Å². The summed E-state index contributed by atoms with van der Waals surface area (Å²) in [6.45, 7) is 5.46. The number of nitrogens with one attached hydrogen (secondary N) is 2. The first-order valence-corrected chi connectivity index (χ1v) is 14.5. The van der Waals surface area contributed by atoms with E-state index in [1.165, 1.54) is 29.8 Å². The number of ether oxygens (including phenoxy) is 1. The van der Waals surface area contributed by atoms with Gasteiger partial charge >= 0.3 is 12.4 Å². The quantitative estimate of drug-likeness (QED) is 0.141. The van der Waals surface area contributed by atoms with E-state index in [4.69, 9.17) is 4.74 Å². The summed E-state index contributed by atoms with van der Waals surface area (Å²) in [5.74, 6) is -3.28. The summed E-state index contributed by atoms with van der Waals surface area (Å²) in [6, 6.07) is 5.63. The number of nitrogens with zero attached hydrogens (tertiary/aromatic N) is 2. The fourth-order valence-electron chi connectivity index (χ4n) is 4.70. The van der Waals surface area contributed by atoms with Crippen LogP contribution in [0.5, 0.6) is 5.75 Å². The van der Waals surface area contributed by atoms with Gasteiger partial charge in [0.2, 0.25) is 11.9 Å². The van der Waals surface area contributed by atoms with Crippen molar-refractivity contribution in [3.05, 3.63) is 47.0 Å². The third-order valence-electron chi connectivity index (χ3n) is 7.24. The molecule has 1 heterocycles. The summed E-state index contributed by atoms with van der Waals surface area (Å²) in [4.78, 5) is 29.7. The van der Waals surface area contributed by atoms with Gasteiger partial charge in [0, 0.05) is 31.5 Å². The Morgan fingerprint density at radius 2 is 1.67 bits per heavy atom. The lowest BCUT2D eigenvalue weighted by Gasteiger charge is -2.19. The molecule has 0 bridgehead atoms. The Balaban J connectivity index is 2.01. The fraction of sp³-hybridized carbons (Fsp3) is 0.516. The molecule has 15 heteroatoms. The van der Waals surface area contributed by atoms with Gasteiger partial charge in [-0.1, -0.05) is 40.2 Å². The predicted molar refractivity (Wildman–Crippen MR) is 156 cm³/mol. The largest absolute Gasteiger partial charge is 0.487 e. The van der Waals surface area contributed by atoms with E-state index in [2.05, 4.69) is 15.6 Å². The van der Waals surface area contributed by atoms with Crippen molar-refractivity contribution in [1.29, 1.82) is 0 Å². The molecule has 2 aromatic carbocycles. The summed E-state index contributed by atoms with van der Waals surface area (Å²) < 4.78 is 114. The Kier molecular flexibility index (Phi) is 11.3. The molecule has 0 radical (unpaired) electrons. The number of rotatable bonds is 13. The number of carbonyl (C=O) groups is 2. The smallest absolute Gasteiger partial charge is 0.418 e. The molecule has 254 valence electrons. The number of halogens is 8. The minimum Gasteiger partial charge on any atom is -0.487 e. The number of hydrogen-bond donors (Lipinski definition) is 2. The van der Waals surface area contributed by atoms with Crippen molar-refractivity contribution in [3.63, 3.8) is 0 Å². The van der Waals surface area contributed by atoms with E-state index in [-0.39, 0.29) is 53.6 Å². The zero-order valence-corrected chi connectivity index (χ0v) is 25.9. The molecule has 7 nitrogen and oxygen atoms in total. The Bertz CT molecular complexity index is 1540. The number of amides is 1. The zero-order valence-electron chi connectivity index (χ0n) is 25.9. The average molecular weight is 665 g/mol. The third kappa shape index (κ3) is 9.32. The molecule has 0 aliphatic rings. The zero-order chi connectivity index (χ0) is 34.6. The Morgan fingerprint density at radius 1 is 1.00 bits per heavy atom. The first kappa shape index (κ1) is 36.6. The molecule has 0 aliphatic carbocycles. The Morgan fingerprint density at radius 3 is 2.24 bits per heavy atom. The average Bonchev–Trinajstić information content (AvgIpc) is 3.24. The molecule has 1 unspecified atom stereocenters. The minimum atomic E-state index is -4.78. The molecular formula is C31H36F8N4O3. The van der Waals surface area contributed by atoms with Crippen LogP contribution in [0, 0.1) is 11.3 Å². The van der Waals surface area contributed by atoms with E-state index < -0.39 is 66.6 Å². The number of Topliss-reactive ketones (excluding diaryl/α,β-unsaturated/α-hetero) is 1. The molecule has 1 aromatic heterocycles. The number of aromatic nitrogens is 2. The van der Waals surface area contributed by atoms with Crippen LogP contribution in [0.2, 0.25) is 0 Å². The van der Waals surface area contributed by atoms with Gasteiger partial charge < -0.3 is 19.9 Å². The van der Waals surface area contributed by atoms with Gasteiger partial charge in [-0.15, -0.1) is 0 Å². The van der Waals surface area contributed by atoms with Crippen molar-refractivity contribution in [2.24, 2.45) is 18.4 Å². The van der Waals surface area contributed by atoms with E-state index in [9.17, 15) is 44.7 Å². The molecule has 0 saturated carbocycles. The highest BCUT2D eigenvalue weighted by molar-refractivity contribution is 6.02. The maximum absolute atomic E-state index is 13.9. The number of aryl methyl sites for hydroxylation is 1. The van der Waals surface area contributed by atoms with Crippen molar-refractivity contribution >= 4 is 34.4 Å². The molecule has 0 saturated heterocycles. The number of hydrogen-bond acceptors (Lipinski definition) is 5. The van der Waals surface area contributed by atoms with Gasteiger partial charge in [-0.3, -0.25) is 9.59 Å². The van der Waals surface area contributed by atoms with E-state index in [1.54, 1.807) is 27.7 Å². The van der Waals surface area contributed by atoms with Crippen LogP contribution in [0.3, 0.4) is 0 Å². The monoisotopic (exact) mass is 664 g/mol.